The monoisotopic (exact) mass is 334 g/mol. The Kier molecular flexibility index (Phi) is 6.61. The van der Waals surface area contributed by atoms with E-state index < -0.39 is 0 Å². The number of benzene rings is 1. The summed E-state index contributed by atoms with van der Waals surface area (Å²) in [7, 11) is 0. The van der Waals surface area contributed by atoms with Gasteiger partial charge in [0, 0.05) is 23.7 Å². The predicted molar refractivity (Wildman–Crippen MR) is 91.8 cm³/mol. The zero-order chi connectivity index (χ0) is 17.5. The molecule has 1 aliphatic rings. The number of amides is 2. The first kappa shape index (κ1) is 18.3. The Bertz CT molecular complexity index is 566. The number of nitrogens with one attached hydrogen (secondary N) is 2. The topological polar surface area (TPSA) is 87.7 Å². The number of aliphatic hydroxyl groups excluding tert-OH is 1. The van der Waals surface area contributed by atoms with Crippen molar-refractivity contribution in [1.82, 2.24) is 5.32 Å². The van der Waals surface area contributed by atoms with E-state index >= 15 is 0 Å². The van der Waals surface area contributed by atoms with Gasteiger partial charge >= 0.3 is 0 Å². The normalized spacial score (nSPS) is 20.5. The lowest BCUT2D eigenvalue weighted by Crippen LogP contribution is -2.40. The molecule has 0 bridgehead atoms. The number of aliphatic hydroxyl groups is 1. The van der Waals surface area contributed by atoms with Crippen LogP contribution in [0.15, 0.2) is 24.3 Å². The van der Waals surface area contributed by atoms with E-state index in [4.69, 9.17) is 4.74 Å². The molecule has 1 saturated carbocycles. The van der Waals surface area contributed by atoms with Crippen LogP contribution in [0.4, 0.5) is 5.69 Å². The third-order valence-electron chi connectivity index (χ3n) is 4.06. The van der Waals surface area contributed by atoms with E-state index in [1.54, 1.807) is 24.3 Å². The zero-order valence-electron chi connectivity index (χ0n) is 14.2. The maximum absolute atomic E-state index is 11.9. The first-order valence-electron chi connectivity index (χ1n) is 8.45. The Morgan fingerprint density at radius 3 is 2.62 bits per heavy atom. The molecule has 24 heavy (non-hydrogen) atoms. The molecule has 2 rings (SSSR count). The van der Waals surface area contributed by atoms with E-state index in [-0.39, 0.29) is 36.5 Å². The Morgan fingerprint density at radius 1 is 1.25 bits per heavy atom. The second-order valence-corrected chi connectivity index (χ2v) is 6.53. The van der Waals surface area contributed by atoms with E-state index in [1.165, 1.54) is 0 Å². The first-order valence-corrected chi connectivity index (χ1v) is 8.45. The van der Waals surface area contributed by atoms with Gasteiger partial charge in [-0.2, -0.15) is 0 Å². The van der Waals surface area contributed by atoms with E-state index in [2.05, 4.69) is 10.6 Å². The number of carbonyl (C=O) groups is 2. The van der Waals surface area contributed by atoms with Crippen LogP contribution in [-0.2, 0) is 9.59 Å². The van der Waals surface area contributed by atoms with Crippen molar-refractivity contribution >= 4 is 17.5 Å². The van der Waals surface area contributed by atoms with E-state index in [0.717, 1.165) is 25.7 Å². The second-order valence-electron chi connectivity index (χ2n) is 6.53. The standard InChI is InChI=1S/C18H26N2O4/c1-12(2)18(23)20-14-4-3-5-16(10-14)24-11-17(22)19-13-6-8-15(21)9-7-13/h3-5,10,12-13,15,21H,6-9,11H2,1-2H3,(H,19,22)(H,20,23). The van der Waals surface area contributed by atoms with Crippen LogP contribution in [0.1, 0.15) is 39.5 Å². The Balaban J connectivity index is 1.79. The summed E-state index contributed by atoms with van der Waals surface area (Å²) in [5, 5.41) is 15.2. The molecule has 2 amide bonds. The number of anilines is 1. The molecule has 0 unspecified atom stereocenters. The van der Waals surface area contributed by atoms with Crippen LogP contribution >= 0.6 is 0 Å². The SMILES string of the molecule is CC(C)C(=O)Nc1cccc(OCC(=O)NC2CCC(O)CC2)c1. The Labute approximate surface area is 142 Å². The summed E-state index contributed by atoms with van der Waals surface area (Å²) >= 11 is 0. The summed E-state index contributed by atoms with van der Waals surface area (Å²) in [4.78, 5) is 23.7. The van der Waals surface area contributed by atoms with Gasteiger partial charge in [-0.05, 0) is 37.8 Å². The van der Waals surface area contributed by atoms with Crippen molar-refractivity contribution in [3.8, 4) is 5.75 Å². The molecule has 1 aliphatic carbocycles. The average molecular weight is 334 g/mol. The maximum Gasteiger partial charge on any atom is 0.258 e. The van der Waals surface area contributed by atoms with E-state index in [0.29, 0.717) is 11.4 Å². The molecule has 6 heteroatoms. The van der Waals surface area contributed by atoms with Crippen LogP contribution in [0.25, 0.3) is 0 Å². The van der Waals surface area contributed by atoms with E-state index in [9.17, 15) is 14.7 Å². The number of carbonyl (C=O) groups excluding carboxylic acids is 2. The lowest BCUT2D eigenvalue weighted by molar-refractivity contribution is -0.124. The number of hydrogen-bond donors (Lipinski definition) is 3. The molecular formula is C18H26N2O4. The smallest absolute Gasteiger partial charge is 0.258 e. The predicted octanol–water partition coefficient (Wildman–Crippen LogP) is 2.08. The molecule has 0 radical (unpaired) electrons. The van der Waals surface area contributed by atoms with Gasteiger partial charge in [0.05, 0.1) is 6.10 Å². The van der Waals surface area contributed by atoms with Gasteiger partial charge in [0.1, 0.15) is 5.75 Å². The molecule has 0 aliphatic heterocycles. The fraction of sp³-hybridized carbons (Fsp3) is 0.556. The lowest BCUT2D eigenvalue weighted by atomic mass is 9.93. The maximum atomic E-state index is 11.9. The molecule has 0 atom stereocenters. The highest BCUT2D eigenvalue weighted by atomic mass is 16.5. The number of hydrogen-bond acceptors (Lipinski definition) is 4. The van der Waals surface area contributed by atoms with Gasteiger partial charge in [0.2, 0.25) is 5.91 Å². The van der Waals surface area contributed by atoms with Gasteiger partial charge < -0.3 is 20.5 Å². The van der Waals surface area contributed by atoms with Crippen LogP contribution in [0.3, 0.4) is 0 Å². The summed E-state index contributed by atoms with van der Waals surface area (Å²) in [6.07, 6.45) is 2.80. The third-order valence-corrected chi connectivity index (χ3v) is 4.06. The van der Waals surface area contributed by atoms with Gasteiger partial charge in [-0.25, -0.2) is 0 Å². The zero-order valence-corrected chi connectivity index (χ0v) is 14.2. The number of rotatable bonds is 6. The Morgan fingerprint density at radius 2 is 1.96 bits per heavy atom. The van der Waals surface area contributed by atoms with Crippen molar-refractivity contribution in [1.29, 1.82) is 0 Å². The van der Waals surface area contributed by atoms with Crippen LogP contribution < -0.4 is 15.4 Å². The average Bonchev–Trinajstić information content (AvgIpc) is 2.55. The largest absolute Gasteiger partial charge is 0.484 e. The highest BCUT2D eigenvalue weighted by Gasteiger charge is 2.20. The van der Waals surface area contributed by atoms with Crippen molar-refractivity contribution in [2.45, 2.75) is 51.7 Å². The Hall–Kier alpha value is -2.08. The minimum absolute atomic E-state index is 0.0654. The van der Waals surface area contributed by atoms with Gasteiger partial charge in [-0.1, -0.05) is 19.9 Å². The van der Waals surface area contributed by atoms with Crippen LogP contribution in [-0.4, -0.2) is 35.7 Å². The molecule has 0 saturated heterocycles. The molecule has 132 valence electrons. The van der Waals surface area contributed by atoms with E-state index in [1.807, 2.05) is 13.8 Å². The second kappa shape index (κ2) is 8.68. The molecule has 0 heterocycles. The molecule has 6 nitrogen and oxygen atoms in total. The minimum Gasteiger partial charge on any atom is -0.484 e. The van der Waals surface area contributed by atoms with Crippen LogP contribution in [0.5, 0.6) is 5.75 Å². The van der Waals surface area contributed by atoms with Gasteiger partial charge in [-0.3, -0.25) is 9.59 Å². The summed E-state index contributed by atoms with van der Waals surface area (Å²) in [6.45, 7) is 3.58. The summed E-state index contributed by atoms with van der Waals surface area (Å²) in [5.41, 5.74) is 0.646. The summed E-state index contributed by atoms with van der Waals surface area (Å²) in [5.74, 6) is 0.192. The molecule has 1 fully saturated rings. The van der Waals surface area contributed by atoms with Crippen molar-refractivity contribution < 1.29 is 19.4 Å². The molecule has 3 N–H and O–H groups in total. The third kappa shape index (κ3) is 5.85. The minimum atomic E-state index is -0.238. The van der Waals surface area contributed by atoms with Crippen LogP contribution in [0.2, 0.25) is 0 Å². The van der Waals surface area contributed by atoms with Crippen molar-refractivity contribution in [3.63, 3.8) is 0 Å². The van der Waals surface area contributed by atoms with Gasteiger partial charge in [-0.15, -0.1) is 0 Å². The fourth-order valence-electron chi connectivity index (χ4n) is 2.59. The highest BCUT2D eigenvalue weighted by Crippen LogP contribution is 2.19. The van der Waals surface area contributed by atoms with Gasteiger partial charge in [0.25, 0.3) is 5.91 Å². The molecule has 0 aromatic heterocycles. The lowest BCUT2D eigenvalue weighted by Gasteiger charge is -2.26. The quantitative estimate of drug-likeness (QED) is 0.743. The van der Waals surface area contributed by atoms with Crippen LogP contribution in [0, 0.1) is 5.92 Å². The van der Waals surface area contributed by atoms with Crippen molar-refractivity contribution in [2.24, 2.45) is 5.92 Å². The van der Waals surface area contributed by atoms with Crippen molar-refractivity contribution in [2.75, 3.05) is 11.9 Å². The highest BCUT2D eigenvalue weighted by molar-refractivity contribution is 5.92. The van der Waals surface area contributed by atoms with Crippen molar-refractivity contribution in [3.05, 3.63) is 24.3 Å². The molecule has 1 aromatic carbocycles. The molecular weight excluding hydrogens is 308 g/mol. The summed E-state index contributed by atoms with van der Waals surface area (Å²) in [6, 6.07) is 7.10. The molecule has 1 aromatic rings. The fourth-order valence-corrected chi connectivity index (χ4v) is 2.59. The number of ether oxygens (including phenoxy) is 1. The first-order chi connectivity index (χ1) is 11.4. The molecule has 0 spiro atoms. The summed E-state index contributed by atoms with van der Waals surface area (Å²) < 4.78 is 5.50. The van der Waals surface area contributed by atoms with Gasteiger partial charge in [0.15, 0.2) is 6.61 Å².